The van der Waals surface area contributed by atoms with Crippen molar-refractivity contribution < 1.29 is 8.78 Å². The molecule has 2 nitrogen and oxygen atoms in total. The third-order valence-corrected chi connectivity index (χ3v) is 3.92. The lowest BCUT2D eigenvalue weighted by molar-refractivity contribution is 0.585. The zero-order valence-corrected chi connectivity index (χ0v) is 12.5. The first kappa shape index (κ1) is 15.3. The Balaban J connectivity index is 2.48. The van der Waals surface area contributed by atoms with Gasteiger partial charge in [-0.05, 0) is 36.4 Å². The van der Waals surface area contributed by atoms with Crippen molar-refractivity contribution in [1.82, 2.24) is 0 Å². The lowest BCUT2D eigenvalue weighted by Crippen LogP contribution is -2.01. The summed E-state index contributed by atoms with van der Waals surface area (Å²) in [5.74, 6) is -0.520. The van der Waals surface area contributed by atoms with E-state index in [4.69, 9.17) is 0 Å². The van der Waals surface area contributed by atoms with Crippen LogP contribution in [-0.4, -0.2) is 5.75 Å². The molecule has 0 aromatic heterocycles. The molecule has 0 aliphatic rings. The number of aryl methyl sites for hydroxylation is 1. The molecular formula is C16H14F2N2S. The Bertz CT molecular complexity index is 708. The van der Waals surface area contributed by atoms with E-state index in [1.807, 2.05) is 13.0 Å². The molecule has 21 heavy (non-hydrogen) atoms. The van der Waals surface area contributed by atoms with Crippen LogP contribution in [0.4, 0.5) is 20.2 Å². The van der Waals surface area contributed by atoms with Gasteiger partial charge in [0.15, 0.2) is 5.82 Å². The molecule has 108 valence electrons. The van der Waals surface area contributed by atoms with Crippen molar-refractivity contribution in [2.24, 2.45) is 0 Å². The van der Waals surface area contributed by atoms with Crippen LogP contribution in [0.3, 0.4) is 0 Å². The van der Waals surface area contributed by atoms with Gasteiger partial charge in [-0.3, -0.25) is 0 Å². The first-order valence-corrected chi connectivity index (χ1v) is 7.44. The van der Waals surface area contributed by atoms with E-state index < -0.39 is 11.6 Å². The average Bonchev–Trinajstić information content (AvgIpc) is 2.48. The molecule has 0 bridgehead atoms. The van der Waals surface area contributed by atoms with Gasteiger partial charge in [-0.2, -0.15) is 5.26 Å². The predicted octanol–water partition coefficient (Wildman–Crippen LogP) is 5.00. The van der Waals surface area contributed by atoms with Gasteiger partial charge in [-0.15, -0.1) is 11.8 Å². The number of anilines is 2. The fourth-order valence-electron chi connectivity index (χ4n) is 1.93. The summed E-state index contributed by atoms with van der Waals surface area (Å²) in [7, 11) is 0. The summed E-state index contributed by atoms with van der Waals surface area (Å²) < 4.78 is 27.9. The Kier molecular flexibility index (Phi) is 4.81. The maximum absolute atomic E-state index is 14.0. The number of benzene rings is 2. The lowest BCUT2D eigenvalue weighted by atomic mass is 10.1. The fourth-order valence-corrected chi connectivity index (χ4v) is 2.72. The van der Waals surface area contributed by atoms with Crippen LogP contribution >= 0.6 is 11.8 Å². The van der Waals surface area contributed by atoms with Crippen LogP contribution in [0.15, 0.2) is 35.2 Å². The van der Waals surface area contributed by atoms with Crippen molar-refractivity contribution in [3.05, 3.63) is 53.1 Å². The molecule has 0 unspecified atom stereocenters. The molecule has 0 heterocycles. The van der Waals surface area contributed by atoms with Crippen molar-refractivity contribution in [2.45, 2.75) is 18.7 Å². The third-order valence-electron chi connectivity index (χ3n) is 2.98. The molecule has 5 heteroatoms. The van der Waals surface area contributed by atoms with Gasteiger partial charge in [0.05, 0.1) is 11.3 Å². The fraction of sp³-hybridized carbons (Fsp3) is 0.188. The van der Waals surface area contributed by atoms with Gasteiger partial charge < -0.3 is 5.32 Å². The summed E-state index contributed by atoms with van der Waals surface area (Å²) >= 11 is 1.51. The summed E-state index contributed by atoms with van der Waals surface area (Å²) in [4.78, 5) is 0.790. The second-order valence-corrected chi connectivity index (χ2v) is 5.71. The molecule has 0 saturated carbocycles. The Hall–Kier alpha value is -2.06. The quantitative estimate of drug-likeness (QED) is 0.807. The van der Waals surface area contributed by atoms with E-state index in [-0.39, 0.29) is 5.69 Å². The van der Waals surface area contributed by atoms with E-state index in [0.717, 1.165) is 10.6 Å². The molecule has 0 aliphatic carbocycles. The van der Waals surface area contributed by atoms with E-state index >= 15 is 0 Å². The molecular weight excluding hydrogens is 290 g/mol. The molecule has 0 atom stereocenters. The molecule has 0 amide bonds. The van der Waals surface area contributed by atoms with E-state index in [0.29, 0.717) is 16.8 Å². The zero-order valence-electron chi connectivity index (χ0n) is 11.7. The number of hydrogen-bond donors (Lipinski definition) is 1. The summed E-state index contributed by atoms with van der Waals surface area (Å²) in [6.45, 7) is 3.54. The molecule has 0 aliphatic heterocycles. The molecule has 2 aromatic rings. The smallest absolute Gasteiger partial charge is 0.152 e. The normalized spacial score (nSPS) is 10.2. The highest BCUT2D eigenvalue weighted by Gasteiger charge is 2.15. The summed E-state index contributed by atoms with van der Waals surface area (Å²) in [5, 5.41) is 12.0. The Morgan fingerprint density at radius 1 is 1.24 bits per heavy atom. The van der Waals surface area contributed by atoms with Crippen molar-refractivity contribution in [1.29, 1.82) is 5.26 Å². The van der Waals surface area contributed by atoms with Crippen LogP contribution in [0.1, 0.15) is 18.1 Å². The Labute approximate surface area is 126 Å². The van der Waals surface area contributed by atoms with Crippen LogP contribution < -0.4 is 5.32 Å². The number of thioether (sulfide) groups is 1. The minimum atomic E-state index is -0.685. The van der Waals surface area contributed by atoms with Gasteiger partial charge in [0, 0.05) is 4.90 Å². The minimum Gasteiger partial charge on any atom is -0.350 e. The van der Waals surface area contributed by atoms with E-state index in [1.165, 1.54) is 23.9 Å². The number of rotatable bonds is 4. The van der Waals surface area contributed by atoms with E-state index in [2.05, 4.69) is 11.4 Å². The molecule has 0 spiro atoms. The average molecular weight is 304 g/mol. The van der Waals surface area contributed by atoms with E-state index in [1.54, 1.807) is 19.1 Å². The molecule has 1 N–H and O–H groups in total. The third kappa shape index (κ3) is 3.17. The molecule has 2 rings (SSSR count). The van der Waals surface area contributed by atoms with Crippen molar-refractivity contribution in [3.63, 3.8) is 0 Å². The van der Waals surface area contributed by atoms with Gasteiger partial charge >= 0.3 is 0 Å². The summed E-state index contributed by atoms with van der Waals surface area (Å²) in [6, 6.07) is 9.90. The molecule has 0 saturated heterocycles. The van der Waals surface area contributed by atoms with Crippen LogP contribution in [0.2, 0.25) is 0 Å². The number of nitrogens with one attached hydrogen (secondary N) is 1. The van der Waals surface area contributed by atoms with Gasteiger partial charge in [0.1, 0.15) is 17.6 Å². The summed E-state index contributed by atoms with van der Waals surface area (Å²) in [6.07, 6.45) is 0. The van der Waals surface area contributed by atoms with Crippen molar-refractivity contribution in [3.8, 4) is 6.07 Å². The second-order valence-electron chi connectivity index (χ2n) is 4.40. The van der Waals surface area contributed by atoms with Crippen LogP contribution in [-0.2, 0) is 0 Å². The highest BCUT2D eigenvalue weighted by atomic mass is 32.2. The van der Waals surface area contributed by atoms with Crippen LogP contribution in [0.25, 0.3) is 0 Å². The first-order valence-electron chi connectivity index (χ1n) is 6.46. The predicted molar refractivity (Wildman–Crippen MR) is 81.9 cm³/mol. The van der Waals surface area contributed by atoms with Crippen LogP contribution in [0, 0.1) is 29.9 Å². The summed E-state index contributed by atoms with van der Waals surface area (Å²) in [5.41, 5.74) is 0.908. The van der Waals surface area contributed by atoms with Gasteiger partial charge in [-0.1, -0.05) is 19.1 Å². The standard InChI is InChI=1S/C16H14F2N2S/c1-3-21-14-6-4-5-13(11(14)9-19)20-16-12(17)8-7-10(2)15(16)18/h4-8,20H,3H2,1-2H3. The number of nitrogens with zero attached hydrogens (tertiary/aromatic N) is 1. The van der Waals surface area contributed by atoms with Gasteiger partial charge in [-0.25, -0.2) is 8.78 Å². The van der Waals surface area contributed by atoms with Crippen LogP contribution in [0.5, 0.6) is 0 Å². The van der Waals surface area contributed by atoms with Crippen molar-refractivity contribution >= 4 is 23.1 Å². The highest BCUT2D eigenvalue weighted by Crippen LogP contribution is 2.32. The lowest BCUT2D eigenvalue weighted by Gasteiger charge is -2.13. The topological polar surface area (TPSA) is 35.8 Å². The minimum absolute atomic E-state index is 0.231. The second kappa shape index (κ2) is 6.59. The zero-order chi connectivity index (χ0) is 15.4. The molecule has 0 radical (unpaired) electrons. The molecule has 0 fully saturated rings. The highest BCUT2D eigenvalue weighted by molar-refractivity contribution is 7.99. The molecule has 2 aromatic carbocycles. The maximum Gasteiger partial charge on any atom is 0.152 e. The van der Waals surface area contributed by atoms with Crippen molar-refractivity contribution in [2.75, 3.05) is 11.1 Å². The van der Waals surface area contributed by atoms with E-state index in [9.17, 15) is 14.0 Å². The SMILES string of the molecule is CCSc1cccc(Nc2c(F)ccc(C)c2F)c1C#N. The number of nitriles is 1. The number of hydrogen-bond acceptors (Lipinski definition) is 3. The number of halogens is 2. The maximum atomic E-state index is 14.0. The monoisotopic (exact) mass is 304 g/mol. The van der Waals surface area contributed by atoms with Gasteiger partial charge in [0.25, 0.3) is 0 Å². The Morgan fingerprint density at radius 3 is 2.67 bits per heavy atom. The first-order chi connectivity index (χ1) is 10.1. The van der Waals surface area contributed by atoms with Gasteiger partial charge in [0.2, 0.25) is 0 Å². The largest absolute Gasteiger partial charge is 0.350 e. The Morgan fingerprint density at radius 2 is 2.00 bits per heavy atom.